The summed E-state index contributed by atoms with van der Waals surface area (Å²) in [5.74, 6) is -1.82. The van der Waals surface area contributed by atoms with E-state index in [0.29, 0.717) is 5.56 Å². The first kappa shape index (κ1) is 18.5. The zero-order valence-electron chi connectivity index (χ0n) is 14.2. The lowest BCUT2D eigenvalue weighted by atomic mass is 9.79. The molecule has 0 spiro atoms. The molecule has 0 bridgehead atoms. The van der Waals surface area contributed by atoms with Crippen LogP contribution in [0.5, 0.6) is 0 Å². The summed E-state index contributed by atoms with van der Waals surface area (Å²) in [6, 6.07) is 8.27. The van der Waals surface area contributed by atoms with E-state index in [1.807, 2.05) is 6.92 Å². The van der Waals surface area contributed by atoms with Crippen molar-refractivity contribution in [2.24, 2.45) is 0 Å². The number of aliphatic carboxylic acids is 1. The quantitative estimate of drug-likeness (QED) is 0.627. The normalized spacial score (nSPS) is 22.5. The third-order valence-corrected chi connectivity index (χ3v) is 4.08. The van der Waals surface area contributed by atoms with Crippen LogP contribution in [0.3, 0.4) is 0 Å². The maximum absolute atomic E-state index is 12.5. The van der Waals surface area contributed by atoms with Crippen LogP contribution >= 0.6 is 0 Å². The fourth-order valence-electron chi connectivity index (χ4n) is 2.70. The highest BCUT2D eigenvalue weighted by molar-refractivity contribution is 5.98. The molecule has 1 aromatic carbocycles. The average molecular weight is 347 g/mol. The van der Waals surface area contributed by atoms with Crippen LogP contribution in [0.2, 0.25) is 0 Å². The number of hydrogen-bond acceptors (Lipinski definition) is 5. The van der Waals surface area contributed by atoms with Gasteiger partial charge >= 0.3 is 12.1 Å². The summed E-state index contributed by atoms with van der Waals surface area (Å²) in [5, 5.41) is 12.4. The third kappa shape index (κ3) is 4.17. The van der Waals surface area contributed by atoms with E-state index in [1.165, 1.54) is 0 Å². The van der Waals surface area contributed by atoms with Gasteiger partial charge in [0.2, 0.25) is 0 Å². The molecular weight excluding hydrogens is 326 g/mol. The molecule has 2 atom stereocenters. The van der Waals surface area contributed by atoms with Gasteiger partial charge < -0.3 is 19.9 Å². The van der Waals surface area contributed by atoms with Gasteiger partial charge in [-0.05, 0) is 26.0 Å². The predicted molar refractivity (Wildman–Crippen MR) is 89.2 cm³/mol. The molecule has 1 aliphatic carbocycles. The molecule has 0 saturated heterocycles. The average Bonchev–Trinajstić information content (AvgIpc) is 2.58. The molecule has 0 unspecified atom stereocenters. The summed E-state index contributed by atoms with van der Waals surface area (Å²) < 4.78 is 9.97. The number of carboxylic acids is 1. The van der Waals surface area contributed by atoms with Crippen LogP contribution in [-0.2, 0) is 14.3 Å². The van der Waals surface area contributed by atoms with Crippen molar-refractivity contribution >= 4 is 18.0 Å². The number of hydrogen-bond donors (Lipinski definition) is 2. The largest absolute Gasteiger partial charge is 0.508 e. The minimum atomic E-state index is -1.75. The van der Waals surface area contributed by atoms with Crippen LogP contribution in [-0.4, -0.2) is 41.4 Å². The molecule has 0 radical (unpaired) electrons. The number of carbonyl (C=O) groups is 3. The standard InChI is InChI=1S/C18H21NO6/c1-3-24-17(23)25-14-11-12(2)9-10-18(14,16(21)22)19-15(20)13-7-5-4-6-8-13/h4-9,14H,3,10-11H2,1-2H3,(H,19,20)(H,21,22)/t14-,18+/m1/s1. The van der Waals surface area contributed by atoms with Crippen molar-refractivity contribution in [3.63, 3.8) is 0 Å². The topological polar surface area (TPSA) is 102 Å². The fraction of sp³-hybridized carbons (Fsp3) is 0.389. The second-order valence-corrected chi connectivity index (χ2v) is 5.84. The van der Waals surface area contributed by atoms with Crippen LogP contribution < -0.4 is 5.32 Å². The summed E-state index contributed by atoms with van der Waals surface area (Å²) >= 11 is 0. The highest BCUT2D eigenvalue weighted by atomic mass is 16.7. The van der Waals surface area contributed by atoms with E-state index in [9.17, 15) is 19.5 Å². The fourth-order valence-corrected chi connectivity index (χ4v) is 2.70. The molecule has 1 amide bonds. The molecule has 1 aliphatic rings. The van der Waals surface area contributed by atoms with Crippen molar-refractivity contribution < 1.29 is 29.0 Å². The van der Waals surface area contributed by atoms with Gasteiger partial charge in [-0.25, -0.2) is 9.59 Å². The molecule has 7 nitrogen and oxygen atoms in total. The minimum Gasteiger partial charge on any atom is -0.479 e. The van der Waals surface area contributed by atoms with Crippen LogP contribution in [0.15, 0.2) is 42.0 Å². The summed E-state index contributed by atoms with van der Waals surface area (Å²) in [5.41, 5.74) is -0.552. The Kier molecular flexibility index (Phi) is 5.80. The lowest BCUT2D eigenvalue weighted by Crippen LogP contribution is -2.64. The van der Waals surface area contributed by atoms with E-state index >= 15 is 0 Å². The third-order valence-electron chi connectivity index (χ3n) is 4.08. The Balaban J connectivity index is 2.31. The van der Waals surface area contributed by atoms with Crippen molar-refractivity contribution in [1.29, 1.82) is 0 Å². The molecule has 0 aromatic heterocycles. The van der Waals surface area contributed by atoms with Gasteiger partial charge in [0.25, 0.3) is 5.91 Å². The van der Waals surface area contributed by atoms with Gasteiger partial charge in [0.1, 0.15) is 6.10 Å². The van der Waals surface area contributed by atoms with E-state index < -0.39 is 29.7 Å². The molecule has 0 saturated carbocycles. The zero-order chi connectivity index (χ0) is 18.4. The smallest absolute Gasteiger partial charge is 0.479 e. The molecule has 1 aromatic rings. The molecule has 0 fully saturated rings. The number of nitrogens with one attached hydrogen (secondary N) is 1. The number of benzene rings is 1. The van der Waals surface area contributed by atoms with Gasteiger partial charge in [0.05, 0.1) is 6.61 Å². The number of carboxylic acid groups (broad SMARTS) is 1. The van der Waals surface area contributed by atoms with Gasteiger partial charge in [-0.3, -0.25) is 4.79 Å². The highest BCUT2D eigenvalue weighted by Crippen LogP contribution is 2.31. The Labute approximate surface area is 145 Å². The Morgan fingerprint density at radius 1 is 1.28 bits per heavy atom. The van der Waals surface area contributed by atoms with Gasteiger partial charge in [0.15, 0.2) is 5.54 Å². The monoisotopic (exact) mass is 347 g/mol. The van der Waals surface area contributed by atoms with E-state index in [-0.39, 0.29) is 19.4 Å². The van der Waals surface area contributed by atoms with E-state index in [1.54, 1.807) is 43.3 Å². The molecule has 2 rings (SSSR count). The van der Waals surface area contributed by atoms with Crippen molar-refractivity contribution in [2.45, 2.75) is 38.3 Å². The van der Waals surface area contributed by atoms with Gasteiger partial charge in [-0.15, -0.1) is 0 Å². The summed E-state index contributed by atoms with van der Waals surface area (Å²) in [4.78, 5) is 36.2. The van der Waals surface area contributed by atoms with Gasteiger partial charge in [-0.1, -0.05) is 29.8 Å². The first-order valence-corrected chi connectivity index (χ1v) is 7.99. The number of amides is 1. The second kappa shape index (κ2) is 7.83. The van der Waals surface area contributed by atoms with E-state index in [4.69, 9.17) is 9.47 Å². The highest BCUT2D eigenvalue weighted by Gasteiger charge is 2.51. The van der Waals surface area contributed by atoms with Crippen LogP contribution in [0.1, 0.15) is 37.0 Å². The lowest BCUT2D eigenvalue weighted by Gasteiger charge is -2.39. The first-order chi connectivity index (χ1) is 11.9. The Hall–Kier alpha value is -2.83. The predicted octanol–water partition coefficient (Wildman–Crippen LogP) is 2.52. The van der Waals surface area contributed by atoms with Crippen LogP contribution in [0.25, 0.3) is 0 Å². The number of ether oxygens (including phenoxy) is 2. The first-order valence-electron chi connectivity index (χ1n) is 7.99. The minimum absolute atomic E-state index is 0.0107. The van der Waals surface area contributed by atoms with Gasteiger partial charge in [-0.2, -0.15) is 0 Å². The van der Waals surface area contributed by atoms with Crippen molar-refractivity contribution in [3.8, 4) is 0 Å². The van der Waals surface area contributed by atoms with Crippen molar-refractivity contribution in [2.75, 3.05) is 6.61 Å². The maximum Gasteiger partial charge on any atom is 0.508 e. The number of carbonyl (C=O) groups excluding carboxylic acids is 2. The molecule has 0 aliphatic heterocycles. The lowest BCUT2D eigenvalue weighted by molar-refractivity contribution is -0.150. The SMILES string of the molecule is CCOC(=O)O[C@@H]1CC(C)=CC[C@@]1(NC(=O)c1ccccc1)C(=O)O. The summed E-state index contributed by atoms with van der Waals surface area (Å²) in [6.07, 6.45) is -0.0926. The van der Waals surface area contributed by atoms with Crippen molar-refractivity contribution in [1.82, 2.24) is 5.32 Å². The molecular formula is C18H21NO6. The molecule has 134 valence electrons. The second-order valence-electron chi connectivity index (χ2n) is 5.84. The molecule has 25 heavy (non-hydrogen) atoms. The van der Waals surface area contributed by atoms with E-state index in [0.717, 1.165) is 5.57 Å². The molecule has 0 heterocycles. The molecule has 2 N–H and O–H groups in total. The maximum atomic E-state index is 12.5. The Bertz CT molecular complexity index is 684. The van der Waals surface area contributed by atoms with Crippen molar-refractivity contribution in [3.05, 3.63) is 47.5 Å². The van der Waals surface area contributed by atoms with Crippen LogP contribution in [0.4, 0.5) is 4.79 Å². The number of rotatable bonds is 5. The summed E-state index contributed by atoms with van der Waals surface area (Å²) in [6.45, 7) is 3.54. The van der Waals surface area contributed by atoms with Gasteiger partial charge in [0, 0.05) is 18.4 Å². The zero-order valence-corrected chi connectivity index (χ0v) is 14.2. The Morgan fingerprint density at radius 2 is 1.96 bits per heavy atom. The van der Waals surface area contributed by atoms with Crippen LogP contribution in [0, 0.1) is 0 Å². The molecule has 7 heteroatoms. The van der Waals surface area contributed by atoms with E-state index in [2.05, 4.69) is 5.32 Å². The Morgan fingerprint density at radius 3 is 2.56 bits per heavy atom. The summed E-state index contributed by atoms with van der Waals surface area (Å²) in [7, 11) is 0.